The number of nitrogens with zero attached hydrogens (tertiary/aromatic N) is 4. The Balaban J connectivity index is 0.00000158. The Labute approximate surface area is 206 Å². The van der Waals surface area contributed by atoms with Crippen LogP contribution in [-0.2, 0) is 6.42 Å². The average molecular weight is 460 g/mol. The number of aliphatic imine (C=N–C) groups is 1. The lowest BCUT2D eigenvalue weighted by Gasteiger charge is -2.39. The van der Waals surface area contributed by atoms with E-state index in [4.69, 9.17) is 5.10 Å². The van der Waals surface area contributed by atoms with Gasteiger partial charge < -0.3 is 4.90 Å². The van der Waals surface area contributed by atoms with Gasteiger partial charge in [0.25, 0.3) is 0 Å². The van der Waals surface area contributed by atoms with Crippen LogP contribution in [0, 0.1) is 0 Å². The van der Waals surface area contributed by atoms with Gasteiger partial charge in [0, 0.05) is 19.8 Å². The van der Waals surface area contributed by atoms with Crippen molar-refractivity contribution in [2.24, 2.45) is 10.1 Å². The molecule has 0 radical (unpaired) electrons. The number of hydrogen-bond donors (Lipinski definition) is 1. The van der Waals surface area contributed by atoms with E-state index in [9.17, 15) is 0 Å². The first-order valence-corrected chi connectivity index (χ1v) is 12.7. The zero-order chi connectivity index (χ0) is 24.2. The number of allylic oxidation sites excluding steroid dienone is 1. The zero-order valence-electron chi connectivity index (χ0n) is 21.3. The second-order valence-corrected chi connectivity index (χ2v) is 8.73. The highest BCUT2D eigenvalue weighted by molar-refractivity contribution is 5.92. The Hall–Kier alpha value is -2.92. The lowest BCUT2D eigenvalue weighted by atomic mass is 9.88. The molecule has 5 nitrogen and oxygen atoms in total. The van der Waals surface area contributed by atoms with Crippen LogP contribution in [0.1, 0.15) is 50.7 Å². The molecule has 5 heteroatoms. The average Bonchev–Trinajstić information content (AvgIpc) is 3.37. The van der Waals surface area contributed by atoms with Crippen LogP contribution in [0.5, 0.6) is 0 Å². The quantitative estimate of drug-likeness (QED) is 0.543. The second kappa shape index (κ2) is 13.7. The van der Waals surface area contributed by atoms with Gasteiger partial charge in [-0.15, -0.1) is 0 Å². The molecule has 1 saturated heterocycles. The summed E-state index contributed by atoms with van der Waals surface area (Å²) in [4.78, 5) is 9.20. The molecular formula is C29H41N5. The van der Waals surface area contributed by atoms with E-state index in [0.29, 0.717) is 5.92 Å². The van der Waals surface area contributed by atoms with Crippen molar-refractivity contribution in [2.45, 2.75) is 52.0 Å². The van der Waals surface area contributed by atoms with Crippen LogP contribution in [0.25, 0.3) is 0 Å². The summed E-state index contributed by atoms with van der Waals surface area (Å²) in [6.45, 7) is 10.1. The lowest BCUT2D eigenvalue weighted by molar-refractivity contribution is 0.195. The van der Waals surface area contributed by atoms with Crippen LogP contribution in [0.15, 0.2) is 82.4 Å². The minimum absolute atomic E-state index is 0.176. The maximum atomic E-state index is 4.78. The fourth-order valence-corrected chi connectivity index (χ4v) is 4.84. The maximum absolute atomic E-state index is 4.78. The van der Waals surface area contributed by atoms with E-state index >= 15 is 0 Å². The number of likely N-dealkylation sites (tertiary alicyclic amines) is 1. The number of hydrazone groups is 1. The van der Waals surface area contributed by atoms with Crippen LogP contribution in [0.2, 0.25) is 0 Å². The smallest absolute Gasteiger partial charge is 0.148 e. The Morgan fingerprint density at radius 2 is 1.71 bits per heavy atom. The molecule has 1 N–H and O–H groups in total. The number of rotatable bonds is 8. The molecule has 0 aliphatic carbocycles. The van der Waals surface area contributed by atoms with Crippen molar-refractivity contribution in [3.63, 3.8) is 0 Å². The molecule has 2 aromatic rings. The van der Waals surface area contributed by atoms with Crippen molar-refractivity contribution in [3.05, 3.63) is 83.4 Å². The predicted molar refractivity (Wildman–Crippen MR) is 146 cm³/mol. The topological polar surface area (TPSA) is 43.2 Å². The van der Waals surface area contributed by atoms with E-state index in [0.717, 1.165) is 38.6 Å². The molecule has 2 aliphatic heterocycles. The SMILES string of the molecule is CC.CN=C/C=C(\C)C(C1=NNCN1CCc1ccccc1)N1CCC(c2ccccc2)CC1. The molecule has 1 unspecified atom stereocenters. The maximum Gasteiger partial charge on any atom is 0.148 e. The minimum Gasteiger partial charge on any atom is -0.338 e. The fourth-order valence-electron chi connectivity index (χ4n) is 4.84. The normalized spacial score (nSPS) is 18.3. The largest absolute Gasteiger partial charge is 0.338 e. The Kier molecular flexibility index (Phi) is 10.4. The van der Waals surface area contributed by atoms with E-state index in [1.54, 1.807) is 0 Å². The molecule has 2 aliphatic rings. The Morgan fingerprint density at radius 3 is 2.35 bits per heavy atom. The predicted octanol–water partition coefficient (Wildman–Crippen LogP) is 5.33. The molecule has 34 heavy (non-hydrogen) atoms. The molecular weight excluding hydrogens is 418 g/mol. The van der Waals surface area contributed by atoms with Gasteiger partial charge in [0.15, 0.2) is 0 Å². The summed E-state index contributed by atoms with van der Waals surface area (Å²) in [5.74, 6) is 1.78. The van der Waals surface area contributed by atoms with Crippen LogP contribution in [-0.4, -0.2) is 61.2 Å². The first-order valence-electron chi connectivity index (χ1n) is 12.7. The van der Waals surface area contributed by atoms with E-state index in [1.807, 2.05) is 27.1 Å². The first kappa shape index (κ1) is 25.7. The van der Waals surface area contributed by atoms with Gasteiger partial charge in [0.2, 0.25) is 0 Å². The van der Waals surface area contributed by atoms with E-state index in [-0.39, 0.29) is 6.04 Å². The molecule has 1 fully saturated rings. The molecule has 0 amide bonds. The van der Waals surface area contributed by atoms with E-state index in [2.05, 4.69) is 93.9 Å². The van der Waals surface area contributed by atoms with Gasteiger partial charge >= 0.3 is 0 Å². The van der Waals surface area contributed by atoms with Gasteiger partial charge in [-0.3, -0.25) is 15.3 Å². The molecule has 4 rings (SSSR count). The standard InChI is InChI=1S/C27H35N5.C2H6/c1-22(13-17-28-2)26(31-19-15-25(16-20-31)24-11-7-4-8-12-24)27-30-29-21-32(27)18-14-23-9-5-3-6-10-23;1-2/h3-13,17,25-26,29H,14-16,18-21H2,1-2H3;1-2H3/b22-13+,28-17?;. The number of nitrogens with one attached hydrogen (secondary N) is 1. The Bertz CT molecular complexity index is 928. The van der Waals surface area contributed by atoms with Crippen LogP contribution in [0.3, 0.4) is 0 Å². The number of hydrogen-bond acceptors (Lipinski definition) is 5. The van der Waals surface area contributed by atoms with Gasteiger partial charge in [-0.1, -0.05) is 74.5 Å². The minimum atomic E-state index is 0.176. The van der Waals surface area contributed by atoms with Gasteiger partial charge in [-0.2, -0.15) is 5.10 Å². The lowest BCUT2D eigenvalue weighted by Crippen LogP contribution is -2.50. The van der Waals surface area contributed by atoms with Crippen molar-refractivity contribution < 1.29 is 0 Å². The summed E-state index contributed by atoms with van der Waals surface area (Å²) >= 11 is 0. The molecule has 2 aromatic carbocycles. The van der Waals surface area contributed by atoms with Crippen molar-refractivity contribution >= 4 is 12.1 Å². The van der Waals surface area contributed by atoms with Crippen LogP contribution >= 0.6 is 0 Å². The summed E-state index contributed by atoms with van der Waals surface area (Å²) in [6, 6.07) is 21.9. The molecule has 182 valence electrons. The number of amidine groups is 1. The third-order valence-corrected chi connectivity index (χ3v) is 6.62. The van der Waals surface area contributed by atoms with Gasteiger partial charge in [0.05, 0.1) is 6.04 Å². The van der Waals surface area contributed by atoms with Crippen molar-refractivity contribution in [1.82, 2.24) is 15.2 Å². The van der Waals surface area contributed by atoms with Crippen molar-refractivity contribution in [2.75, 3.05) is 33.4 Å². The summed E-state index contributed by atoms with van der Waals surface area (Å²) in [7, 11) is 1.82. The Morgan fingerprint density at radius 1 is 1.06 bits per heavy atom. The molecule has 1 atom stereocenters. The molecule has 0 aromatic heterocycles. The molecule has 0 bridgehead atoms. The number of benzene rings is 2. The fraction of sp³-hybridized carbons (Fsp3) is 0.448. The summed E-state index contributed by atoms with van der Waals surface area (Å²) in [5.41, 5.74) is 7.38. The highest BCUT2D eigenvalue weighted by Crippen LogP contribution is 2.30. The van der Waals surface area contributed by atoms with Crippen LogP contribution in [0.4, 0.5) is 0 Å². The summed E-state index contributed by atoms with van der Waals surface area (Å²) in [5, 5.41) is 4.78. The van der Waals surface area contributed by atoms with Crippen LogP contribution < -0.4 is 5.43 Å². The number of piperidine rings is 1. The third-order valence-electron chi connectivity index (χ3n) is 6.62. The van der Waals surface area contributed by atoms with Gasteiger partial charge in [-0.25, -0.2) is 0 Å². The van der Waals surface area contributed by atoms with Crippen molar-refractivity contribution in [3.8, 4) is 0 Å². The van der Waals surface area contributed by atoms with Gasteiger partial charge in [0.1, 0.15) is 12.5 Å². The monoisotopic (exact) mass is 459 g/mol. The molecule has 0 spiro atoms. The van der Waals surface area contributed by atoms with E-state index < -0.39 is 0 Å². The van der Waals surface area contributed by atoms with E-state index in [1.165, 1.54) is 29.5 Å². The highest BCUT2D eigenvalue weighted by Gasteiger charge is 2.34. The summed E-state index contributed by atoms with van der Waals surface area (Å²) < 4.78 is 0. The zero-order valence-corrected chi connectivity index (χ0v) is 21.3. The molecule has 2 heterocycles. The first-order chi connectivity index (χ1) is 16.8. The third kappa shape index (κ3) is 6.80. The second-order valence-electron chi connectivity index (χ2n) is 8.73. The summed E-state index contributed by atoms with van der Waals surface area (Å²) in [6.07, 6.45) is 7.42. The van der Waals surface area contributed by atoms with Gasteiger partial charge in [-0.05, 0) is 68.0 Å². The van der Waals surface area contributed by atoms with Crippen molar-refractivity contribution in [1.29, 1.82) is 0 Å². The molecule has 0 saturated carbocycles. The highest BCUT2D eigenvalue weighted by atomic mass is 15.5.